The standard InChI is InChI=1S/C13H18N2O2/c1-10(11-7-5-4-6-8-11)15-9-12(15)13(16)14(2)17-3/h4-8,10,12H,9H2,1-3H3/t10-,12?,15?/m1/s1. The van der Waals surface area contributed by atoms with Gasteiger partial charge >= 0.3 is 0 Å². The number of amides is 1. The van der Waals surface area contributed by atoms with Crippen molar-refractivity contribution in [3.8, 4) is 0 Å². The molecule has 17 heavy (non-hydrogen) atoms. The molecule has 0 radical (unpaired) electrons. The molecule has 0 N–H and O–H groups in total. The molecular weight excluding hydrogens is 216 g/mol. The molecule has 1 heterocycles. The summed E-state index contributed by atoms with van der Waals surface area (Å²) < 4.78 is 0. The van der Waals surface area contributed by atoms with Gasteiger partial charge in [-0.15, -0.1) is 0 Å². The molecular formula is C13H18N2O2. The smallest absolute Gasteiger partial charge is 0.264 e. The second-order valence-corrected chi connectivity index (χ2v) is 4.32. The van der Waals surface area contributed by atoms with E-state index in [0.717, 1.165) is 6.54 Å². The van der Waals surface area contributed by atoms with Crippen LogP contribution in [0.15, 0.2) is 30.3 Å². The van der Waals surface area contributed by atoms with Gasteiger partial charge in [-0.05, 0) is 12.5 Å². The van der Waals surface area contributed by atoms with Crippen molar-refractivity contribution in [2.75, 3.05) is 20.7 Å². The van der Waals surface area contributed by atoms with Crippen LogP contribution in [0.2, 0.25) is 0 Å². The number of carbonyl (C=O) groups excluding carboxylic acids is 1. The largest absolute Gasteiger partial charge is 0.282 e. The predicted octanol–water partition coefficient (Wildman–Crippen LogP) is 1.45. The average molecular weight is 234 g/mol. The molecule has 0 saturated carbocycles. The maximum absolute atomic E-state index is 11.8. The van der Waals surface area contributed by atoms with Gasteiger partial charge in [0.05, 0.1) is 7.11 Å². The molecule has 0 aliphatic carbocycles. The molecule has 1 saturated heterocycles. The molecule has 92 valence electrons. The van der Waals surface area contributed by atoms with Crippen LogP contribution in [0.1, 0.15) is 18.5 Å². The average Bonchev–Trinajstić information content (AvgIpc) is 3.17. The Morgan fingerprint density at radius 2 is 2.12 bits per heavy atom. The SMILES string of the molecule is CON(C)C(=O)C1CN1[C@H](C)c1ccccc1. The molecule has 4 nitrogen and oxygen atoms in total. The first-order valence-electron chi connectivity index (χ1n) is 5.77. The van der Waals surface area contributed by atoms with Crippen LogP contribution in [0.4, 0.5) is 0 Å². The summed E-state index contributed by atoms with van der Waals surface area (Å²) in [5, 5.41) is 1.29. The zero-order chi connectivity index (χ0) is 12.4. The Labute approximate surface area is 102 Å². The number of rotatable bonds is 4. The number of benzene rings is 1. The molecule has 0 spiro atoms. The van der Waals surface area contributed by atoms with Gasteiger partial charge in [0.15, 0.2) is 0 Å². The fourth-order valence-corrected chi connectivity index (χ4v) is 2.02. The number of hydrogen-bond donors (Lipinski definition) is 0. The van der Waals surface area contributed by atoms with Crippen molar-refractivity contribution in [2.45, 2.75) is 19.0 Å². The Hall–Kier alpha value is -1.39. The number of hydrogen-bond acceptors (Lipinski definition) is 3. The summed E-state index contributed by atoms with van der Waals surface area (Å²) >= 11 is 0. The lowest BCUT2D eigenvalue weighted by Gasteiger charge is -2.17. The Kier molecular flexibility index (Phi) is 3.45. The maximum atomic E-state index is 11.8. The summed E-state index contributed by atoms with van der Waals surface area (Å²) in [6.07, 6.45) is 0. The van der Waals surface area contributed by atoms with Gasteiger partial charge in [0.25, 0.3) is 5.91 Å². The third-order valence-corrected chi connectivity index (χ3v) is 3.30. The normalized spacial score (nSPS) is 24.2. The first kappa shape index (κ1) is 12.1. The monoisotopic (exact) mass is 234 g/mol. The first-order valence-corrected chi connectivity index (χ1v) is 5.77. The van der Waals surface area contributed by atoms with Gasteiger partial charge in [0, 0.05) is 19.6 Å². The minimum Gasteiger partial charge on any atom is -0.282 e. The highest BCUT2D eigenvalue weighted by atomic mass is 16.7. The zero-order valence-electron chi connectivity index (χ0n) is 10.5. The van der Waals surface area contributed by atoms with Crippen LogP contribution in [0.5, 0.6) is 0 Å². The molecule has 1 aromatic rings. The Balaban J connectivity index is 1.97. The summed E-state index contributed by atoms with van der Waals surface area (Å²) in [5.74, 6) is 0.0234. The highest BCUT2D eigenvalue weighted by Crippen LogP contribution is 2.32. The minimum absolute atomic E-state index is 0.0234. The summed E-state index contributed by atoms with van der Waals surface area (Å²) in [5.41, 5.74) is 1.24. The second-order valence-electron chi connectivity index (χ2n) is 4.32. The van der Waals surface area contributed by atoms with Crippen molar-refractivity contribution < 1.29 is 9.63 Å². The predicted molar refractivity (Wildman–Crippen MR) is 65.1 cm³/mol. The molecule has 0 bridgehead atoms. The summed E-state index contributed by atoms with van der Waals surface area (Å²) in [7, 11) is 3.15. The van der Waals surface area contributed by atoms with Crippen LogP contribution in [-0.2, 0) is 9.63 Å². The first-order chi connectivity index (χ1) is 8.15. The molecule has 3 atom stereocenters. The second kappa shape index (κ2) is 4.85. The maximum Gasteiger partial charge on any atom is 0.264 e. The molecule has 4 heteroatoms. The van der Waals surface area contributed by atoms with E-state index in [1.807, 2.05) is 18.2 Å². The third kappa shape index (κ3) is 2.48. The van der Waals surface area contributed by atoms with Gasteiger partial charge in [-0.1, -0.05) is 30.3 Å². The fraction of sp³-hybridized carbons (Fsp3) is 0.462. The Bertz CT molecular complexity index is 394. The molecule has 1 fully saturated rings. The van der Waals surface area contributed by atoms with Crippen LogP contribution in [-0.4, -0.2) is 42.6 Å². The van der Waals surface area contributed by atoms with E-state index in [1.165, 1.54) is 17.7 Å². The molecule has 1 aliphatic rings. The summed E-state index contributed by atoms with van der Waals surface area (Å²) in [6.45, 7) is 2.93. The fourth-order valence-electron chi connectivity index (χ4n) is 2.02. The molecule has 1 amide bonds. The van der Waals surface area contributed by atoms with Crippen LogP contribution in [0.3, 0.4) is 0 Å². The highest BCUT2D eigenvalue weighted by Gasteiger charge is 2.45. The molecule has 2 rings (SSSR count). The number of carbonyl (C=O) groups is 1. The van der Waals surface area contributed by atoms with Gasteiger partial charge < -0.3 is 0 Å². The minimum atomic E-state index is -0.0323. The number of likely N-dealkylation sites (N-methyl/N-ethyl adjacent to an activating group) is 1. The molecule has 1 aliphatic heterocycles. The summed E-state index contributed by atoms with van der Waals surface area (Å²) in [4.78, 5) is 18.9. The van der Waals surface area contributed by atoms with E-state index in [0.29, 0.717) is 0 Å². The Morgan fingerprint density at radius 1 is 1.47 bits per heavy atom. The van der Waals surface area contributed by atoms with E-state index in [9.17, 15) is 4.79 Å². The van der Waals surface area contributed by atoms with Gasteiger partial charge in [-0.2, -0.15) is 0 Å². The van der Waals surface area contributed by atoms with Crippen LogP contribution in [0, 0.1) is 0 Å². The van der Waals surface area contributed by atoms with Crippen molar-refractivity contribution >= 4 is 5.91 Å². The number of nitrogens with zero attached hydrogens (tertiary/aromatic N) is 2. The van der Waals surface area contributed by atoms with Crippen molar-refractivity contribution in [1.29, 1.82) is 0 Å². The van der Waals surface area contributed by atoms with Gasteiger partial charge in [-0.25, -0.2) is 5.06 Å². The lowest BCUT2D eigenvalue weighted by Crippen LogP contribution is -2.31. The Morgan fingerprint density at radius 3 is 2.71 bits per heavy atom. The van der Waals surface area contributed by atoms with E-state index >= 15 is 0 Å². The lowest BCUT2D eigenvalue weighted by atomic mass is 10.1. The topological polar surface area (TPSA) is 32.5 Å². The van der Waals surface area contributed by atoms with Crippen molar-refractivity contribution in [1.82, 2.24) is 9.96 Å². The quantitative estimate of drug-likeness (QED) is 0.584. The van der Waals surface area contributed by atoms with E-state index < -0.39 is 0 Å². The van der Waals surface area contributed by atoms with Crippen LogP contribution < -0.4 is 0 Å². The summed E-state index contributed by atoms with van der Waals surface area (Å²) in [6, 6.07) is 10.5. The number of hydroxylamine groups is 2. The zero-order valence-corrected chi connectivity index (χ0v) is 10.5. The van der Waals surface area contributed by atoms with E-state index in [2.05, 4.69) is 24.0 Å². The van der Waals surface area contributed by atoms with Crippen molar-refractivity contribution in [3.63, 3.8) is 0 Å². The van der Waals surface area contributed by atoms with E-state index in [4.69, 9.17) is 4.84 Å². The van der Waals surface area contributed by atoms with Gasteiger partial charge in [-0.3, -0.25) is 14.5 Å². The van der Waals surface area contributed by atoms with Crippen molar-refractivity contribution in [3.05, 3.63) is 35.9 Å². The van der Waals surface area contributed by atoms with E-state index in [1.54, 1.807) is 7.05 Å². The third-order valence-electron chi connectivity index (χ3n) is 3.30. The highest BCUT2D eigenvalue weighted by molar-refractivity contribution is 5.83. The lowest BCUT2D eigenvalue weighted by molar-refractivity contribution is -0.169. The van der Waals surface area contributed by atoms with Gasteiger partial charge in [0.2, 0.25) is 0 Å². The van der Waals surface area contributed by atoms with E-state index in [-0.39, 0.29) is 18.0 Å². The van der Waals surface area contributed by atoms with Crippen LogP contribution >= 0.6 is 0 Å². The van der Waals surface area contributed by atoms with Crippen LogP contribution in [0.25, 0.3) is 0 Å². The van der Waals surface area contributed by atoms with Crippen molar-refractivity contribution in [2.24, 2.45) is 0 Å². The molecule has 2 unspecified atom stereocenters. The van der Waals surface area contributed by atoms with Gasteiger partial charge in [0.1, 0.15) is 6.04 Å². The molecule has 1 aromatic carbocycles. The molecule has 0 aromatic heterocycles.